The summed E-state index contributed by atoms with van der Waals surface area (Å²) in [5, 5.41) is 1.80. The van der Waals surface area contributed by atoms with Crippen LogP contribution in [0.4, 0.5) is 0 Å². The van der Waals surface area contributed by atoms with Crippen LogP contribution in [0.1, 0.15) is 33.6 Å². The van der Waals surface area contributed by atoms with E-state index < -0.39 is 11.9 Å². The SMILES string of the molecule is C=CCN(CC=C)CCCOC(=O)c1ccc2c(c1)[nH]c(=O)c1cc(C(=O)OCCCN(CC=C)CC=C)ccc12.Cl.Cl. The van der Waals surface area contributed by atoms with Gasteiger partial charge < -0.3 is 14.5 Å². The monoisotopic (exact) mass is 629 g/mol. The maximum absolute atomic E-state index is 12.9. The second-order valence-corrected chi connectivity index (χ2v) is 9.63. The Bertz CT molecular complexity index is 1450. The van der Waals surface area contributed by atoms with E-state index in [0.29, 0.717) is 40.3 Å². The molecular formula is C33H41Cl2N3O5. The number of pyridine rings is 1. The van der Waals surface area contributed by atoms with E-state index in [0.717, 1.165) is 44.7 Å². The minimum atomic E-state index is -0.486. The molecule has 0 saturated heterocycles. The Kier molecular flexibility index (Phi) is 16.9. The molecule has 0 saturated carbocycles. The molecule has 232 valence electrons. The summed E-state index contributed by atoms with van der Waals surface area (Å²) < 4.78 is 10.9. The second kappa shape index (κ2) is 19.5. The lowest BCUT2D eigenvalue weighted by molar-refractivity contribution is 0.0481. The van der Waals surface area contributed by atoms with E-state index in [2.05, 4.69) is 41.1 Å². The zero-order valence-corrected chi connectivity index (χ0v) is 26.1. The molecule has 2 aromatic carbocycles. The minimum absolute atomic E-state index is 0. The maximum atomic E-state index is 12.9. The molecule has 0 amide bonds. The topological polar surface area (TPSA) is 91.9 Å². The molecule has 0 fully saturated rings. The number of nitrogens with zero attached hydrogens (tertiary/aromatic N) is 2. The van der Waals surface area contributed by atoms with Gasteiger partial charge in [0.25, 0.3) is 5.56 Å². The molecule has 0 atom stereocenters. The number of carbonyl (C=O) groups is 2. The molecule has 0 unspecified atom stereocenters. The van der Waals surface area contributed by atoms with E-state index in [9.17, 15) is 14.4 Å². The van der Waals surface area contributed by atoms with Crippen LogP contribution in [0, 0.1) is 0 Å². The quantitative estimate of drug-likeness (QED) is 0.0802. The summed E-state index contributed by atoms with van der Waals surface area (Å²) in [6, 6.07) is 9.99. The zero-order valence-electron chi connectivity index (χ0n) is 24.4. The van der Waals surface area contributed by atoms with Gasteiger partial charge >= 0.3 is 11.9 Å². The van der Waals surface area contributed by atoms with Gasteiger partial charge in [-0.3, -0.25) is 14.6 Å². The molecule has 3 rings (SSSR count). The molecule has 0 bridgehead atoms. The lowest BCUT2D eigenvalue weighted by Crippen LogP contribution is -2.26. The fraction of sp³-hybridized carbons (Fsp3) is 0.303. The first-order valence-electron chi connectivity index (χ1n) is 13.7. The van der Waals surface area contributed by atoms with E-state index in [-0.39, 0.29) is 43.6 Å². The number of rotatable bonds is 18. The molecule has 0 radical (unpaired) electrons. The number of hydrogen-bond acceptors (Lipinski definition) is 7. The highest BCUT2D eigenvalue weighted by molar-refractivity contribution is 6.08. The van der Waals surface area contributed by atoms with Crippen molar-refractivity contribution in [1.82, 2.24) is 14.8 Å². The Balaban J connectivity index is 0.00000462. The van der Waals surface area contributed by atoms with E-state index in [1.54, 1.807) is 36.4 Å². The molecule has 3 aromatic rings. The summed E-state index contributed by atoms with van der Waals surface area (Å²) in [6.07, 6.45) is 8.65. The molecule has 1 aromatic heterocycles. The van der Waals surface area contributed by atoms with Gasteiger partial charge in [-0.05, 0) is 42.5 Å². The third-order valence-corrected chi connectivity index (χ3v) is 6.55. The Hall–Kier alpha value is -3.69. The fourth-order valence-electron chi connectivity index (χ4n) is 4.61. The van der Waals surface area contributed by atoms with Crippen LogP contribution in [0.15, 0.2) is 91.8 Å². The number of esters is 2. The highest BCUT2D eigenvalue weighted by Crippen LogP contribution is 2.24. The number of benzene rings is 2. The summed E-state index contributed by atoms with van der Waals surface area (Å²) in [7, 11) is 0. The molecule has 0 aliphatic rings. The smallest absolute Gasteiger partial charge is 0.338 e. The van der Waals surface area contributed by atoms with Crippen molar-refractivity contribution in [1.29, 1.82) is 0 Å². The van der Waals surface area contributed by atoms with Crippen molar-refractivity contribution >= 4 is 58.4 Å². The van der Waals surface area contributed by atoms with Crippen LogP contribution in [0.2, 0.25) is 0 Å². The minimum Gasteiger partial charge on any atom is -0.462 e. The van der Waals surface area contributed by atoms with E-state index in [1.165, 1.54) is 0 Å². The zero-order chi connectivity index (χ0) is 29.6. The molecule has 0 spiro atoms. The number of aromatic nitrogens is 1. The van der Waals surface area contributed by atoms with Crippen molar-refractivity contribution < 1.29 is 19.1 Å². The normalized spacial score (nSPS) is 10.6. The number of carbonyl (C=O) groups excluding carboxylic acids is 2. The van der Waals surface area contributed by atoms with Crippen molar-refractivity contribution in [2.24, 2.45) is 0 Å². The average molecular weight is 631 g/mol. The van der Waals surface area contributed by atoms with Crippen LogP contribution >= 0.6 is 24.8 Å². The Morgan fingerprint density at radius 1 is 0.674 bits per heavy atom. The number of halogens is 2. The van der Waals surface area contributed by atoms with Gasteiger partial charge in [0.1, 0.15) is 0 Å². The van der Waals surface area contributed by atoms with Gasteiger partial charge in [0.15, 0.2) is 0 Å². The van der Waals surface area contributed by atoms with Gasteiger partial charge in [-0.1, -0.05) is 36.4 Å². The van der Waals surface area contributed by atoms with Crippen molar-refractivity contribution in [3.63, 3.8) is 0 Å². The van der Waals surface area contributed by atoms with Crippen LogP contribution < -0.4 is 5.56 Å². The third kappa shape index (κ3) is 10.8. The van der Waals surface area contributed by atoms with Crippen LogP contribution in [0.25, 0.3) is 21.7 Å². The van der Waals surface area contributed by atoms with E-state index in [4.69, 9.17) is 9.47 Å². The molecular weight excluding hydrogens is 589 g/mol. The molecule has 1 heterocycles. The third-order valence-electron chi connectivity index (χ3n) is 6.55. The first kappa shape index (κ1) is 37.3. The Morgan fingerprint density at radius 2 is 1.12 bits per heavy atom. The summed E-state index contributed by atoms with van der Waals surface area (Å²) >= 11 is 0. The van der Waals surface area contributed by atoms with Crippen molar-refractivity contribution in [2.45, 2.75) is 12.8 Å². The first-order valence-corrected chi connectivity index (χ1v) is 13.7. The van der Waals surface area contributed by atoms with Crippen LogP contribution in [0.5, 0.6) is 0 Å². The van der Waals surface area contributed by atoms with Crippen molar-refractivity contribution in [2.75, 3.05) is 52.5 Å². The summed E-state index contributed by atoms with van der Waals surface area (Å²) in [5.41, 5.74) is 0.804. The number of aromatic amines is 1. The second-order valence-electron chi connectivity index (χ2n) is 9.63. The molecule has 10 heteroatoms. The van der Waals surface area contributed by atoms with Crippen molar-refractivity contribution in [3.8, 4) is 0 Å². The maximum Gasteiger partial charge on any atom is 0.338 e. The number of ether oxygens (including phenoxy) is 2. The van der Waals surface area contributed by atoms with Crippen molar-refractivity contribution in [3.05, 3.63) is 108 Å². The molecule has 43 heavy (non-hydrogen) atoms. The lowest BCUT2D eigenvalue weighted by Gasteiger charge is -2.18. The standard InChI is InChI=1S/C33H39N3O5.2ClH/c1-5-15-35(16-6-2)19-9-21-40-32(38)25-11-13-27-28-14-12-26(24-30(28)34-31(37)29(27)23-25)33(39)41-22-10-20-36(17-7-3)18-8-4;;/h5-8,11-14,23-24H,1-4,9-10,15-22H2,(H,34,37);2*1H. The highest BCUT2D eigenvalue weighted by Gasteiger charge is 2.14. The number of fused-ring (bicyclic) bond motifs is 3. The summed E-state index contributed by atoms with van der Waals surface area (Å²) in [4.78, 5) is 45.3. The molecule has 0 aliphatic heterocycles. The predicted octanol–water partition coefficient (Wildman–Crippen LogP) is 5.97. The van der Waals surface area contributed by atoms with Gasteiger partial charge in [-0.25, -0.2) is 9.59 Å². The fourth-order valence-corrected chi connectivity index (χ4v) is 4.61. The van der Waals surface area contributed by atoms with E-state index in [1.807, 2.05) is 24.3 Å². The van der Waals surface area contributed by atoms with Gasteiger partial charge in [-0.2, -0.15) is 0 Å². The van der Waals surface area contributed by atoms with Crippen LogP contribution in [0.3, 0.4) is 0 Å². The molecule has 1 N–H and O–H groups in total. The lowest BCUT2D eigenvalue weighted by atomic mass is 10.0. The molecule has 8 nitrogen and oxygen atoms in total. The summed E-state index contributed by atoms with van der Waals surface area (Å²) in [5.74, 6) is -0.942. The number of nitrogens with one attached hydrogen (secondary N) is 1. The highest BCUT2D eigenvalue weighted by atomic mass is 35.5. The molecule has 0 aliphatic carbocycles. The Labute approximate surface area is 265 Å². The van der Waals surface area contributed by atoms with Gasteiger partial charge in [-0.15, -0.1) is 51.1 Å². The first-order chi connectivity index (χ1) is 19.9. The number of hydrogen-bond donors (Lipinski definition) is 1. The van der Waals surface area contributed by atoms with Gasteiger partial charge in [0.05, 0.1) is 24.3 Å². The number of H-pyrrole nitrogens is 1. The van der Waals surface area contributed by atoms with Gasteiger partial charge in [0.2, 0.25) is 0 Å². The summed E-state index contributed by atoms with van der Waals surface area (Å²) in [6.45, 7) is 20.0. The Morgan fingerprint density at radius 3 is 1.58 bits per heavy atom. The van der Waals surface area contributed by atoms with Crippen LogP contribution in [-0.2, 0) is 9.47 Å². The largest absolute Gasteiger partial charge is 0.462 e. The van der Waals surface area contributed by atoms with Crippen LogP contribution in [-0.4, -0.2) is 79.2 Å². The van der Waals surface area contributed by atoms with Gasteiger partial charge in [0, 0.05) is 55.6 Å². The van der Waals surface area contributed by atoms with E-state index >= 15 is 0 Å². The average Bonchev–Trinajstić information content (AvgIpc) is 2.97. The predicted molar refractivity (Wildman–Crippen MR) is 180 cm³/mol.